The Labute approximate surface area is 108 Å². The molecule has 1 N–H and O–H groups in total. The smallest absolute Gasteiger partial charge is 0.310 e. The number of benzene rings is 1. The lowest BCUT2D eigenvalue weighted by molar-refractivity contribution is -0.138. The average Bonchev–Trinajstić information content (AvgIpc) is 2.77. The van der Waals surface area contributed by atoms with Crippen LogP contribution in [0.1, 0.15) is 30.9 Å². The fourth-order valence-electron chi connectivity index (χ4n) is 1.98. The second-order valence-corrected chi connectivity index (χ2v) is 4.76. The van der Waals surface area contributed by atoms with Gasteiger partial charge in [0.2, 0.25) is 6.79 Å². The Morgan fingerprint density at radius 1 is 1.53 bits per heavy atom. The van der Waals surface area contributed by atoms with Crippen molar-refractivity contribution in [2.24, 2.45) is 0 Å². The molecule has 0 bridgehead atoms. The number of hydrogen-bond acceptors (Lipinski definition) is 3. The summed E-state index contributed by atoms with van der Waals surface area (Å²) in [5, 5.41) is 9.11. The van der Waals surface area contributed by atoms with Crippen molar-refractivity contribution in [3.05, 3.63) is 21.7 Å². The Morgan fingerprint density at radius 2 is 2.18 bits per heavy atom. The molecule has 17 heavy (non-hydrogen) atoms. The summed E-state index contributed by atoms with van der Waals surface area (Å²) in [6.07, 6.45) is 0.714. The van der Waals surface area contributed by atoms with Gasteiger partial charge in [-0.25, -0.2) is 0 Å². The molecule has 0 aliphatic carbocycles. The Morgan fingerprint density at radius 3 is 2.76 bits per heavy atom. The molecule has 1 aliphatic heterocycles. The highest BCUT2D eigenvalue weighted by Crippen LogP contribution is 2.45. The van der Waals surface area contributed by atoms with Gasteiger partial charge in [0.05, 0.1) is 10.4 Å². The SMILES string of the molecule is CCc1c(C(C)C(=O)O)cc(Br)c2c1OCO2. The van der Waals surface area contributed by atoms with Gasteiger partial charge in [0.25, 0.3) is 0 Å². The molecule has 0 aromatic heterocycles. The van der Waals surface area contributed by atoms with Crippen LogP contribution in [0.3, 0.4) is 0 Å². The molecule has 0 spiro atoms. The second kappa shape index (κ2) is 4.56. The van der Waals surface area contributed by atoms with Crippen LogP contribution >= 0.6 is 15.9 Å². The van der Waals surface area contributed by atoms with E-state index in [2.05, 4.69) is 15.9 Å². The maximum atomic E-state index is 11.1. The molecule has 1 aromatic carbocycles. The number of ether oxygens (including phenoxy) is 2. The lowest BCUT2D eigenvalue weighted by Crippen LogP contribution is -2.10. The maximum absolute atomic E-state index is 11.1. The van der Waals surface area contributed by atoms with Crippen molar-refractivity contribution in [3.8, 4) is 11.5 Å². The van der Waals surface area contributed by atoms with Crippen molar-refractivity contribution in [1.29, 1.82) is 0 Å². The molecule has 0 radical (unpaired) electrons. The van der Waals surface area contributed by atoms with E-state index in [0.717, 1.165) is 15.6 Å². The maximum Gasteiger partial charge on any atom is 0.310 e. The van der Waals surface area contributed by atoms with Crippen LogP contribution in [-0.4, -0.2) is 17.9 Å². The van der Waals surface area contributed by atoms with Gasteiger partial charge in [0, 0.05) is 5.56 Å². The molecular formula is C12H13BrO4. The first kappa shape index (κ1) is 12.2. The van der Waals surface area contributed by atoms with Crippen molar-refractivity contribution >= 4 is 21.9 Å². The van der Waals surface area contributed by atoms with Gasteiger partial charge in [-0.3, -0.25) is 4.79 Å². The van der Waals surface area contributed by atoms with Crippen molar-refractivity contribution < 1.29 is 19.4 Å². The van der Waals surface area contributed by atoms with Gasteiger partial charge >= 0.3 is 5.97 Å². The van der Waals surface area contributed by atoms with Gasteiger partial charge in [-0.15, -0.1) is 0 Å². The Balaban J connectivity index is 2.60. The average molecular weight is 301 g/mol. The number of carboxylic acids is 1. The third-order valence-electron chi connectivity index (χ3n) is 2.92. The molecule has 1 unspecified atom stereocenters. The van der Waals surface area contributed by atoms with E-state index in [-0.39, 0.29) is 6.79 Å². The van der Waals surface area contributed by atoms with Crippen LogP contribution in [0.15, 0.2) is 10.5 Å². The van der Waals surface area contributed by atoms with Gasteiger partial charge in [-0.05, 0) is 40.9 Å². The van der Waals surface area contributed by atoms with Gasteiger partial charge in [0.1, 0.15) is 0 Å². The minimum Gasteiger partial charge on any atom is -0.481 e. The number of carbonyl (C=O) groups is 1. The first-order chi connectivity index (χ1) is 8.06. The Hall–Kier alpha value is -1.23. The van der Waals surface area contributed by atoms with E-state index in [0.29, 0.717) is 17.9 Å². The molecule has 0 saturated carbocycles. The monoisotopic (exact) mass is 300 g/mol. The zero-order valence-electron chi connectivity index (χ0n) is 9.62. The van der Waals surface area contributed by atoms with Crippen molar-refractivity contribution in [2.45, 2.75) is 26.2 Å². The van der Waals surface area contributed by atoms with Crippen LogP contribution in [-0.2, 0) is 11.2 Å². The number of halogens is 1. The number of hydrogen-bond donors (Lipinski definition) is 1. The number of rotatable bonds is 3. The number of carboxylic acid groups (broad SMARTS) is 1. The van der Waals surface area contributed by atoms with Crippen molar-refractivity contribution in [1.82, 2.24) is 0 Å². The lowest BCUT2D eigenvalue weighted by Gasteiger charge is -2.15. The zero-order valence-corrected chi connectivity index (χ0v) is 11.2. The fraction of sp³-hybridized carbons (Fsp3) is 0.417. The highest BCUT2D eigenvalue weighted by Gasteiger charge is 2.27. The predicted octanol–water partition coefficient (Wildman–Crippen LogP) is 2.93. The van der Waals surface area contributed by atoms with E-state index in [1.807, 2.05) is 13.0 Å². The molecule has 1 aliphatic rings. The number of fused-ring (bicyclic) bond motifs is 1. The van der Waals surface area contributed by atoms with Crippen LogP contribution in [0, 0.1) is 0 Å². The third kappa shape index (κ3) is 1.99. The van der Waals surface area contributed by atoms with Gasteiger partial charge in [-0.1, -0.05) is 6.92 Å². The first-order valence-electron chi connectivity index (χ1n) is 5.40. The summed E-state index contributed by atoms with van der Waals surface area (Å²) in [6, 6.07) is 1.81. The van der Waals surface area contributed by atoms with Crippen molar-refractivity contribution in [3.63, 3.8) is 0 Å². The summed E-state index contributed by atoms with van der Waals surface area (Å²) >= 11 is 3.38. The lowest BCUT2D eigenvalue weighted by atomic mass is 9.93. The first-order valence-corrected chi connectivity index (χ1v) is 6.19. The summed E-state index contributed by atoms with van der Waals surface area (Å²) in [5.74, 6) is -0.0608. The summed E-state index contributed by atoms with van der Waals surface area (Å²) in [4.78, 5) is 11.1. The fourth-order valence-corrected chi connectivity index (χ4v) is 2.53. The van der Waals surface area contributed by atoms with Crippen LogP contribution in [0.5, 0.6) is 11.5 Å². The van der Waals surface area contributed by atoms with E-state index < -0.39 is 11.9 Å². The van der Waals surface area contributed by atoms with Crippen LogP contribution < -0.4 is 9.47 Å². The quantitative estimate of drug-likeness (QED) is 0.932. The largest absolute Gasteiger partial charge is 0.481 e. The van der Waals surface area contributed by atoms with Crippen molar-refractivity contribution in [2.75, 3.05) is 6.79 Å². The molecule has 92 valence electrons. The van der Waals surface area contributed by atoms with Gasteiger partial charge in [-0.2, -0.15) is 0 Å². The molecule has 1 aromatic rings. The molecule has 0 fully saturated rings. The molecule has 0 amide bonds. The van der Waals surface area contributed by atoms with Crippen LogP contribution in [0.2, 0.25) is 0 Å². The van der Waals surface area contributed by atoms with Gasteiger partial charge in [0.15, 0.2) is 11.5 Å². The molecule has 5 heteroatoms. The third-order valence-corrected chi connectivity index (χ3v) is 3.51. The van der Waals surface area contributed by atoms with E-state index >= 15 is 0 Å². The van der Waals surface area contributed by atoms with E-state index in [4.69, 9.17) is 14.6 Å². The molecule has 0 saturated heterocycles. The molecule has 4 nitrogen and oxygen atoms in total. The van der Waals surface area contributed by atoms with E-state index in [1.54, 1.807) is 6.92 Å². The van der Waals surface area contributed by atoms with Gasteiger partial charge < -0.3 is 14.6 Å². The van der Waals surface area contributed by atoms with Crippen LogP contribution in [0.4, 0.5) is 0 Å². The summed E-state index contributed by atoms with van der Waals surface area (Å²) in [6.45, 7) is 3.83. The number of aliphatic carboxylic acids is 1. The minimum atomic E-state index is -0.842. The zero-order chi connectivity index (χ0) is 12.6. The highest BCUT2D eigenvalue weighted by atomic mass is 79.9. The molecule has 2 rings (SSSR count). The van der Waals surface area contributed by atoms with E-state index in [1.165, 1.54) is 0 Å². The summed E-state index contributed by atoms with van der Waals surface area (Å²) in [7, 11) is 0. The normalized spacial score (nSPS) is 14.8. The minimum absolute atomic E-state index is 0.186. The summed E-state index contributed by atoms with van der Waals surface area (Å²) < 4.78 is 11.5. The molecule has 1 atom stereocenters. The Bertz CT molecular complexity index is 470. The Kier molecular flexibility index (Phi) is 3.28. The standard InChI is InChI=1S/C12H13BrO4/c1-3-7-8(6(2)12(14)15)4-9(13)11-10(7)16-5-17-11/h4,6H,3,5H2,1-2H3,(H,14,15). The second-order valence-electron chi connectivity index (χ2n) is 3.90. The summed E-state index contributed by atoms with van der Waals surface area (Å²) in [5.41, 5.74) is 1.69. The topological polar surface area (TPSA) is 55.8 Å². The molecular weight excluding hydrogens is 288 g/mol. The highest BCUT2D eigenvalue weighted by molar-refractivity contribution is 9.10. The van der Waals surface area contributed by atoms with Crippen LogP contribution in [0.25, 0.3) is 0 Å². The predicted molar refractivity (Wildman–Crippen MR) is 65.7 cm³/mol. The molecule has 1 heterocycles. The van der Waals surface area contributed by atoms with E-state index in [9.17, 15) is 4.79 Å².